The minimum Gasteiger partial charge on any atom is -0.861 e. The Labute approximate surface area is 256 Å². The first-order valence-electron chi connectivity index (χ1n) is 14.1. The van der Waals surface area contributed by atoms with Crippen LogP contribution in [0.25, 0.3) is 0 Å². The Bertz CT molecular complexity index is 1670. The maximum absolute atomic E-state index is 13.3. The molecule has 5 aromatic rings. The van der Waals surface area contributed by atoms with Gasteiger partial charge in [0, 0.05) is 41.9 Å². The highest BCUT2D eigenvalue weighted by molar-refractivity contribution is 6.13. The lowest BCUT2D eigenvalue weighted by atomic mass is 10.0. The van der Waals surface area contributed by atoms with E-state index in [0.717, 1.165) is 5.56 Å². The highest BCUT2D eigenvalue weighted by Crippen LogP contribution is 2.24. The van der Waals surface area contributed by atoms with Crippen molar-refractivity contribution in [2.45, 2.75) is 6.54 Å². The van der Waals surface area contributed by atoms with Gasteiger partial charge < -0.3 is 10.2 Å². The molecule has 0 fully saturated rings. The number of ketones is 2. The minimum atomic E-state index is -0.512. The van der Waals surface area contributed by atoms with E-state index < -0.39 is 11.8 Å². The molecule has 218 valence electrons. The molecule has 0 saturated carbocycles. The van der Waals surface area contributed by atoms with E-state index in [0.29, 0.717) is 28.8 Å². The molecule has 0 aliphatic rings. The maximum Gasteiger partial charge on any atom is 0.195 e. The lowest BCUT2D eigenvalue weighted by Crippen LogP contribution is -2.41. The van der Waals surface area contributed by atoms with Crippen molar-refractivity contribution in [2.24, 2.45) is 9.98 Å². The van der Waals surface area contributed by atoms with E-state index in [1.54, 1.807) is 102 Å². The van der Waals surface area contributed by atoms with Crippen LogP contribution in [0, 0.1) is 0 Å². The van der Waals surface area contributed by atoms with Crippen molar-refractivity contribution in [3.8, 4) is 0 Å². The van der Waals surface area contributed by atoms with Gasteiger partial charge in [0.05, 0.1) is 11.4 Å². The number of aliphatic imine (C=N–C) groups is 2. The van der Waals surface area contributed by atoms with E-state index in [4.69, 9.17) is 0 Å². The van der Waals surface area contributed by atoms with Crippen molar-refractivity contribution in [3.05, 3.63) is 167 Å². The summed E-state index contributed by atoms with van der Waals surface area (Å²) in [5.41, 5.74) is 3.02. The molecule has 0 unspecified atom stereocenters. The fourth-order valence-corrected chi connectivity index (χ4v) is 4.75. The van der Waals surface area contributed by atoms with E-state index in [2.05, 4.69) is 9.98 Å². The molecule has 5 rings (SSSR count). The van der Waals surface area contributed by atoms with Crippen LogP contribution in [0.2, 0.25) is 0 Å². The summed E-state index contributed by atoms with van der Waals surface area (Å²) in [7, 11) is 0. The molecule has 0 aliphatic carbocycles. The van der Waals surface area contributed by atoms with Crippen molar-refractivity contribution in [3.63, 3.8) is 0 Å². The molecule has 0 aliphatic heterocycles. The van der Waals surface area contributed by atoms with Crippen molar-refractivity contribution in [1.82, 2.24) is 4.90 Å². The van der Waals surface area contributed by atoms with Crippen LogP contribution in [0.3, 0.4) is 0 Å². The molecule has 0 aromatic heterocycles. The number of rotatable bonds is 12. The molecule has 0 N–H and O–H groups in total. The molecule has 7 heteroatoms. The van der Waals surface area contributed by atoms with E-state index in [1.807, 2.05) is 42.5 Å². The zero-order valence-electron chi connectivity index (χ0n) is 23.9. The molecule has 0 heterocycles. The molecule has 0 spiro atoms. The number of carbonyl (C=O) groups is 2. The first kappa shape index (κ1) is 29.8. The zero-order chi connectivity index (χ0) is 30.7. The second kappa shape index (κ2) is 14.5. The van der Waals surface area contributed by atoms with Gasteiger partial charge >= 0.3 is 0 Å². The summed E-state index contributed by atoms with van der Waals surface area (Å²) in [6.45, 7) is -0.0816. The number of nitrogens with zero attached hydrogens (tertiary/aromatic N) is 3. The van der Waals surface area contributed by atoms with Crippen molar-refractivity contribution in [1.29, 1.82) is 0 Å². The molecular formula is C37H29N3O4-2. The molecule has 44 heavy (non-hydrogen) atoms. The predicted octanol–water partition coefficient (Wildman–Crippen LogP) is 5.13. The predicted molar refractivity (Wildman–Crippen MR) is 169 cm³/mol. The van der Waals surface area contributed by atoms with E-state index in [1.165, 1.54) is 0 Å². The first-order chi connectivity index (χ1) is 21.5. The van der Waals surface area contributed by atoms with Crippen LogP contribution in [-0.2, 0) is 6.54 Å². The van der Waals surface area contributed by atoms with Crippen molar-refractivity contribution in [2.75, 3.05) is 13.1 Å². The van der Waals surface area contributed by atoms with Crippen LogP contribution in [0.1, 0.15) is 37.4 Å². The van der Waals surface area contributed by atoms with Crippen LogP contribution in [-0.4, -0.2) is 41.4 Å². The average molecular weight is 580 g/mol. The van der Waals surface area contributed by atoms with Gasteiger partial charge in [-0.2, -0.15) is 0 Å². The van der Waals surface area contributed by atoms with Crippen molar-refractivity contribution >= 4 is 34.7 Å². The first-order valence-corrected chi connectivity index (χ1v) is 14.1. The number of hydrogen-bond acceptors (Lipinski definition) is 7. The van der Waals surface area contributed by atoms with Crippen LogP contribution in [0.4, 0.5) is 11.4 Å². The zero-order valence-corrected chi connectivity index (χ0v) is 23.9. The highest BCUT2D eigenvalue weighted by Gasteiger charge is 2.15. The Morgan fingerprint density at radius 1 is 0.500 bits per heavy atom. The number of benzene rings is 5. The fraction of sp³-hybridized carbons (Fsp3) is 0.0811. The Hall–Kier alpha value is -5.66. The SMILES string of the molecule is O=C(c1ccccc1)c1ccccc1N=C([O-])CN(CC([O-])=Nc1ccccc1C(=O)c1ccccc1)Cc1ccccc1. The van der Waals surface area contributed by atoms with Crippen LogP contribution >= 0.6 is 0 Å². The van der Waals surface area contributed by atoms with Gasteiger partial charge in [0.15, 0.2) is 11.6 Å². The summed E-state index contributed by atoms with van der Waals surface area (Å²) < 4.78 is 0. The smallest absolute Gasteiger partial charge is 0.195 e. The van der Waals surface area contributed by atoms with Crippen LogP contribution < -0.4 is 10.2 Å². The highest BCUT2D eigenvalue weighted by atomic mass is 16.3. The van der Waals surface area contributed by atoms with Gasteiger partial charge in [-0.05, 0) is 41.6 Å². The summed E-state index contributed by atoms with van der Waals surface area (Å²) in [5.74, 6) is -1.50. The van der Waals surface area contributed by atoms with Gasteiger partial charge in [0.1, 0.15) is 0 Å². The molecule has 7 nitrogen and oxygen atoms in total. The summed E-state index contributed by atoms with van der Waals surface area (Å²) >= 11 is 0. The van der Waals surface area contributed by atoms with Gasteiger partial charge in [-0.25, -0.2) is 0 Å². The minimum absolute atomic E-state index is 0.186. The van der Waals surface area contributed by atoms with E-state index >= 15 is 0 Å². The molecule has 0 amide bonds. The largest absolute Gasteiger partial charge is 0.861 e. The topological polar surface area (TPSA) is 108 Å². The van der Waals surface area contributed by atoms with Crippen LogP contribution in [0.15, 0.2) is 150 Å². The number of para-hydroxylation sites is 2. The second-order valence-electron chi connectivity index (χ2n) is 10.1. The summed E-state index contributed by atoms with van der Waals surface area (Å²) in [6.07, 6.45) is 0. The monoisotopic (exact) mass is 579 g/mol. The molecule has 5 aromatic carbocycles. The third-order valence-corrected chi connectivity index (χ3v) is 6.83. The Balaban J connectivity index is 1.40. The molecular weight excluding hydrogens is 550 g/mol. The average Bonchev–Trinajstić information content (AvgIpc) is 3.06. The lowest BCUT2D eigenvalue weighted by Gasteiger charge is -2.28. The van der Waals surface area contributed by atoms with Gasteiger partial charge in [0.2, 0.25) is 0 Å². The third kappa shape index (κ3) is 7.79. The summed E-state index contributed by atoms with van der Waals surface area (Å²) in [5, 5.41) is 26.5. The lowest BCUT2D eigenvalue weighted by molar-refractivity contribution is -0.223. The fourth-order valence-electron chi connectivity index (χ4n) is 4.75. The number of carbonyl (C=O) groups excluding carboxylic acids is 2. The molecule has 0 saturated heterocycles. The second-order valence-corrected chi connectivity index (χ2v) is 10.1. The molecule has 0 bridgehead atoms. The quantitative estimate of drug-likeness (QED) is 0.116. The summed E-state index contributed by atoms with van der Waals surface area (Å²) in [4.78, 5) is 36.4. The van der Waals surface area contributed by atoms with Gasteiger partial charge in [-0.3, -0.25) is 24.5 Å². The van der Waals surface area contributed by atoms with E-state index in [-0.39, 0.29) is 36.0 Å². The molecule has 0 atom stereocenters. The Morgan fingerprint density at radius 3 is 1.30 bits per heavy atom. The standard InChI is InChI=1S/C37H31N3O4/c41-34(38-32-22-12-10-20-30(32)36(43)28-16-6-2-7-17-28)25-40(24-27-14-4-1-5-15-27)26-35(42)39-33-23-13-11-21-31(33)37(44)29-18-8-3-9-19-29/h1-23H,24-26H2,(H,38,41)(H,39,42)/p-2. The van der Waals surface area contributed by atoms with Crippen molar-refractivity contribution < 1.29 is 19.8 Å². The molecule has 0 radical (unpaired) electrons. The Morgan fingerprint density at radius 2 is 0.864 bits per heavy atom. The van der Waals surface area contributed by atoms with Gasteiger partial charge in [0.25, 0.3) is 0 Å². The summed E-state index contributed by atoms with van der Waals surface area (Å²) in [6, 6.07) is 40.4. The van der Waals surface area contributed by atoms with E-state index in [9.17, 15) is 19.8 Å². The normalized spacial score (nSPS) is 11.8. The third-order valence-electron chi connectivity index (χ3n) is 6.83. The number of hydrogen-bond donors (Lipinski definition) is 0. The van der Waals surface area contributed by atoms with Gasteiger partial charge in [-0.1, -0.05) is 115 Å². The van der Waals surface area contributed by atoms with Crippen LogP contribution in [0.5, 0.6) is 0 Å². The Kier molecular flexibility index (Phi) is 9.82. The maximum atomic E-state index is 13.3. The van der Waals surface area contributed by atoms with Gasteiger partial charge in [-0.15, -0.1) is 0 Å².